The average molecular weight is 355 g/mol. The van der Waals surface area contributed by atoms with Crippen LogP contribution >= 0.6 is 12.4 Å². The standard InChI is InChI=1S/C18H26N2O3.ClH/c1-13-11-20(12-14(2)19-13)18(21)7-5-15-4-6-16-17(10-15)23-9-3-8-22-16;/h4,6,10,13-14,19H,3,5,7-9,11-12H2,1-2H3;1H. The molecule has 1 N–H and O–H groups in total. The van der Waals surface area contributed by atoms with Gasteiger partial charge in [0.1, 0.15) is 0 Å². The van der Waals surface area contributed by atoms with Gasteiger partial charge in [0.2, 0.25) is 5.91 Å². The van der Waals surface area contributed by atoms with E-state index in [1.165, 1.54) is 0 Å². The van der Waals surface area contributed by atoms with Crippen molar-refractivity contribution in [2.75, 3.05) is 26.3 Å². The van der Waals surface area contributed by atoms with Gasteiger partial charge in [-0.15, -0.1) is 12.4 Å². The Hall–Kier alpha value is -1.46. The molecule has 1 aromatic rings. The summed E-state index contributed by atoms with van der Waals surface area (Å²) < 4.78 is 11.4. The van der Waals surface area contributed by atoms with E-state index in [0.717, 1.165) is 43.0 Å². The number of halogens is 1. The van der Waals surface area contributed by atoms with E-state index in [1.807, 2.05) is 23.1 Å². The number of nitrogens with zero attached hydrogens (tertiary/aromatic N) is 1. The van der Waals surface area contributed by atoms with Gasteiger partial charge in [0.05, 0.1) is 13.2 Å². The van der Waals surface area contributed by atoms with Crippen LogP contribution in [0.2, 0.25) is 0 Å². The molecule has 24 heavy (non-hydrogen) atoms. The van der Waals surface area contributed by atoms with Gasteiger partial charge in [0.25, 0.3) is 0 Å². The van der Waals surface area contributed by atoms with Gasteiger partial charge in [0, 0.05) is 38.0 Å². The van der Waals surface area contributed by atoms with Crippen molar-refractivity contribution in [3.63, 3.8) is 0 Å². The molecular formula is C18H27ClN2O3. The highest BCUT2D eigenvalue weighted by Gasteiger charge is 2.24. The molecule has 6 heteroatoms. The Morgan fingerprint density at radius 3 is 2.54 bits per heavy atom. The van der Waals surface area contributed by atoms with Gasteiger partial charge in [-0.2, -0.15) is 0 Å². The maximum absolute atomic E-state index is 12.4. The van der Waals surface area contributed by atoms with Crippen LogP contribution < -0.4 is 14.8 Å². The average Bonchev–Trinajstić information content (AvgIpc) is 2.76. The van der Waals surface area contributed by atoms with Crippen LogP contribution in [-0.2, 0) is 11.2 Å². The summed E-state index contributed by atoms with van der Waals surface area (Å²) in [6.45, 7) is 7.23. The molecule has 0 spiro atoms. The first-order chi connectivity index (χ1) is 11.1. The van der Waals surface area contributed by atoms with E-state index in [9.17, 15) is 4.79 Å². The Morgan fingerprint density at radius 2 is 1.83 bits per heavy atom. The summed E-state index contributed by atoms with van der Waals surface area (Å²) in [6, 6.07) is 6.72. The van der Waals surface area contributed by atoms with Crippen LogP contribution in [0.25, 0.3) is 0 Å². The van der Waals surface area contributed by atoms with E-state index in [1.54, 1.807) is 0 Å². The number of hydrogen-bond acceptors (Lipinski definition) is 4. The summed E-state index contributed by atoms with van der Waals surface area (Å²) in [4.78, 5) is 14.4. The molecule has 2 aliphatic heterocycles. The summed E-state index contributed by atoms with van der Waals surface area (Å²) in [5, 5.41) is 3.45. The molecule has 2 aliphatic rings. The molecule has 0 radical (unpaired) electrons. The topological polar surface area (TPSA) is 50.8 Å². The molecule has 1 aromatic carbocycles. The number of aryl methyl sites for hydroxylation is 1. The van der Waals surface area contributed by atoms with Crippen molar-refractivity contribution in [2.24, 2.45) is 0 Å². The zero-order chi connectivity index (χ0) is 16.2. The van der Waals surface area contributed by atoms with Gasteiger partial charge in [0.15, 0.2) is 11.5 Å². The molecule has 2 atom stereocenters. The van der Waals surface area contributed by atoms with Crippen molar-refractivity contribution >= 4 is 18.3 Å². The minimum absolute atomic E-state index is 0. The molecule has 1 saturated heterocycles. The molecule has 1 amide bonds. The maximum atomic E-state index is 12.4. The lowest BCUT2D eigenvalue weighted by Crippen LogP contribution is -2.55. The molecular weight excluding hydrogens is 328 g/mol. The fraction of sp³-hybridized carbons (Fsp3) is 0.611. The lowest BCUT2D eigenvalue weighted by molar-refractivity contribution is -0.132. The highest BCUT2D eigenvalue weighted by molar-refractivity contribution is 5.85. The fourth-order valence-corrected chi connectivity index (χ4v) is 3.30. The largest absolute Gasteiger partial charge is 0.490 e. The summed E-state index contributed by atoms with van der Waals surface area (Å²) >= 11 is 0. The molecule has 5 nitrogen and oxygen atoms in total. The molecule has 134 valence electrons. The second-order valence-corrected chi connectivity index (χ2v) is 6.60. The molecule has 3 rings (SSSR count). The third kappa shape index (κ3) is 4.77. The second kappa shape index (κ2) is 8.58. The number of ether oxygens (including phenoxy) is 2. The first-order valence-corrected chi connectivity index (χ1v) is 8.54. The highest BCUT2D eigenvalue weighted by atomic mass is 35.5. The number of amides is 1. The molecule has 0 aliphatic carbocycles. The van der Waals surface area contributed by atoms with Crippen LogP contribution in [0.15, 0.2) is 18.2 Å². The molecule has 1 fully saturated rings. The SMILES string of the molecule is CC1CN(C(=O)CCc2ccc3c(c2)OCCCO3)CC(C)N1.Cl. The highest BCUT2D eigenvalue weighted by Crippen LogP contribution is 2.30. The van der Waals surface area contributed by atoms with Crippen molar-refractivity contribution in [1.82, 2.24) is 10.2 Å². The number of hydrogen-bond donors (Lipinski definition) is 1. The Labute approximate surface area is 150 Å². The number of piperazine rings is 1. The number of nitrogens with one attached hydrogen (secondary N) is 1. The lowest BCUT2D eigenvalue weighted by Gasteiger charge is -2.36. The van der Waals surface area contributed by atoms with Crippen molar-refractivity contribution in [1.29, 1.82) is 0 Å². The smallest absolute Gasteiger partial charge is 0.223 e. The lowest BCUT2D eigenvalue weighted by atomic mass is 10.1. The van der Waals surface area contributed by atoms with Crippen LogP contribution in [0.1, 0.15) is 32.3 Å². The normalized spacial score (nSPS) is 23.2. The first kappa shape index (κ1) is 18.9. The molecule has 0 saturated carbocycles. The second-order valence-electron chi connectivity index (χ2n) is 6.60. The van der Waals surface area contributed by atoms with Crippen LogP contribution in [0, 0.1) is 0 Å². The van der Waals surface area contributed by atoms with Crippen LogP contribution in [0.4, 0.5) is 0 Å². The van der Waals surface area contributed by atoms with Crippen LogP contribution in [0.3, 0.4) is 0 Å². The number of carbonyl (C=O) groups is 1. The summed E-state index contributed by atoms with van der Waals surface area (Å²) in [7, 11) is 0. The minimum atomic E-state index is 0. The van der Waals surface area contributed by atoms with E-state index >= 15 is 0 Å². The third-order valence-electron chi connectivity index (χ3n) is 4.35. The Balaban J connectivity index is 0.00000208. The van der Waals surface area contributed by atoms with Gasteiger partial charge < -0.3 is 19.7 Å². The quantitative estimate of drug-likeness (QED) is 0.905. The molecule has 2 heterocycles. The Kier molecular flexibility index (Phi) is 6.75. The van der Waals surface area contributed by atoms with E-state index in [-0.39, 0.29) is 18.3 Å². The van der Waals surface area contributed by atoms with E-state index in [0.29, 0.717) is 31.7 Å². The van der Waals surface area contributed by atoms with E-state index < -0.39 is 0 Å². The van der Waals surface area contributed by atoms with Crippen molar-refractivity contribution in [2.45, 2.75) is 45.2 Å². The predicted molar refractivity (Wildman–Crippen MR) is 96.3 cm³/mol. The number of carbonyl (C=O) groups excluding carboxylic acids is 1. The van der Waals surface area contributed by atoms with Crippen molar-refractivity contribution in [3.05, 3.63) is 23.8 Å². The summed E-state index contributed by atoms with van der Waals surface area (Å²) in [5.74, 6) is 1.84. The summed E-state index contributed by atoms with van der Waals surface area (Å²) in [5.41, 5.74) is 1.12. The van der Waals surface area contributed by atoms with Gasteiger partial charge in [-0.05, 0) is 38.0 Å². The Morgan fingerprint density at radius 1 is 1.17 bits per heavy atom. The van der Waals surface area contributed by atoms with Crippen LogP contribution in [0.5, 0.6) is 11.5 Å². The Bertz CT molecular complexity index is 557. The maximum Gasteiger partial charge on any atom is 0.223 e. The zero-order valence-electron chi connectivity index (χ0n) is 14.4. The number of fused-ring (bicyclic) bond motifs is 1. The fourth-order valence-electron chi connectivity index (χ4n) is 3.30. The van der Waals surface area contributed by atoms with E-state index in [4.69, 9.17) is 9.47 Å². The number of benzene rings is 1. The van der Waals surface area contributed by atoms with Gasteiger partial charge >= 0.3 is 0 Å². The molecule has 0 aromatic heterocycles. The summed E-state index contributed by atoms with van der Waals surface area (Å²) in [6.07, 6.45) is 2.18. The van der Waals surface area contributed by atoms with E-state index in [2.05, 4.69) is 19.2 Å². The van der Waals surface area contributed by atoms with Crippen LogP contribution in [-0.4, -0.2) is 49.2 Å². The first-order valence-electron chi connectivity index (χ1n) is 8.54. The van der Waals surface area contributed by atoms with Crippen molar-refractivity contribution < 1.29 is 14.3 Å². The van der Waals surface area contributed by atoms with Gasteiger partial charge in [-0.25, -0.2) is 0 Å². The molecule has 0 bridgehead atoms. The zero-order valence-corrected chi connectivity index (χ0v) is 15.2. The predicted octanol–water partition coefficient (Wildman–Crippen LogP) is 2.41. The van der Waals surface area contributed by atoms with Gasteiger partial charge in [-0.3, -0.25) is 4.79 Å². The number of rotatable bonds is 3. The van der Waals surface area contributed by atoms with Crippen molar-refractivity contribution in [3.8, 4) is 11.5 Å². The third-order valence-corrected chi connectivity index (χ3v) is 4.35. The minimum Gasteiger partial charge on any atom is -0.490 e. The monoisotopic (exact) mass is 354 g/mol. The van der Waals surface area contributed by atoms with Gasteiger partial charge in [-0.1, -0.05) is 6.07 Å². The molecule has 2 unspecified atom stereocenters.